The van der Waals surface area contributed by atoms with Crippen LogP contribution < -0.4 is 9.64 Å². The summed E-state index contributed by atoms with van der Waals surface area (Å²) in [6, 6.07) is 17.5. The normalized spacial score (nSPS) is 21.0. The van der Waals surface area contributed by atoms with Crippen molar-refractivity contribution >= 4 is 21.6 Å². The van der Waals surface area contributed by atoms with Gasteiger partial charge < -0.3 is 9.64 Å². The first-order valence-electron chi connectivity index (χ1n) is 8.66. The number of rotatable bonds is 4. The number of ether oxygens (including phenoxy) is 1. The second-order valence-corrected chi connectivity index (χ2v) is 7.57. The topological polar surface area (TPSA) is 26.6 Å². The van der Waals surface area contributed by atoms with Crippen LogP contribution in [0.3, 0.4) is 0 Å². The summed E-state index contributed by atoms with van der Waals surface area (Å²) >= 11 is 1.87. The van der Waals surface area contributed by atoms with Gasteiger partial charge in [-0.25, -0.2) is 4.98 Å². The van der Waals surface area contributed by atoms with E-state index in [1.165, 1.54) is 41.1 Å². The Morgan fingerprint density at radius 1 is 1.17 bits per heavy atom. The number of likely N-dealkylation sites (tertiary alicyclic amines) is 1. The molecule has 0 spiro atoms. The molecule has 0 saturated carbocycles. The molecule has 1 N–H and O–H groups in total. The van der Waals surface area contributed by atoms with E-state index in [2.05, 4.69) is 42.5 Å². The predicted molar refractivity (Wildman–Crippen MR) is 98.7 cm³/mol. The Hall–Kier alpha value is -1.91. The minimum absolute atomic E-state index is 0.516. The summed E-state index contributed by atoms with van der Waals surface area (Å²) in [5, 5.41) is 1.30. The molecule has 1 saturated heterocycles. The van der Waals surface area contributed by atoms with Gasteiger partial charge in [0, 0.05) is 12.0 Å². The third-order valence-corrected chi connectivity index (χ3v) is 6.06. The summed E-state index contributed by atoms with van der Waals surface area (Å²) in [4.78, 5) is 6.57. The molecule has 1 aliphatic heterocycles. The maximum Gasteiger partial charge on any atom is 0.151 e. The summed E-state index contributed by atoms with van der Waals surface area (Å²) in [5.74, 6) is 0.945. The number of nitrogens with one attached hydrogen (secondary N) is 1. The average molecular weight is 339 g/mol. The lowest BCUT2D eigenvalue weighted by Gasteiger charge is -2.31. The molecule has 124 valence electrons. The molecule has 1 aliphatic rings. The predicted octanol–water partition coefficient (Wildman–Crippen LogP) is 3.62. The van der Waals surface area contributed by atoms with Gasteiger partial charge in [-0.3, -0.25) is 0 Å². The van der Waals surface area contributed by atoms with Crippen LogP contribution in [0.2, 0.25) is 0 Å². The second kappa shape index (κ2) is 6.91. The lowest BCUT2D eigenvalue weighted by molar-refractivity contribution is -0.950. The van der Waals surface area contributed by atoms with Gasteiger partial charge >= 0.3 is 0 Å². The van der Waals surface area contributed by atoms with E-state index < -0.39 is 0 Å². The summed E-state index contributed by atoms with van der Waals surface area (Å²) in [6.07, 6.45) is 3.85. The van der Waals surface area contributed by atoms with Gasteiger partial charge in [0.05, 0.1) is 23.9 Å². The van der Waals surface area contributed by atoms with E-state index in [9.17, 15) is 0 Å². The third-order valence-electron chi connectivity index (χ3n) is 4.91. The van der Waals surface area contributed by atoms with Gasteiger partial charge in [-0.05, 0) is 37.1 Å². The standard InChI is InChI=1S/C20H22N2OS/c1-23-16-8-6-7-15(13-16)14-22-12-5-4-10-18(22)20-21-17-9-2-3-11-19(17)24-20/h2-3,6-9,11,13,18H,4-5,10,12,14H2,1H3/p+1/t18-/m1/s1. The van der Waals surface area contributed by atoms with E-state index >= 15 is 0 Å². The molecule has 4 heteroatoms. The Morgan fingerprint density at radius 2 is 2.08 bits per heavy atom. The number of hydrogen-bond acceptors (Lipinski definition) is 3. The Labute approximate surface area is 146 Å². The van der Waals surface area contributed by atoms with Gasteiger partial charge in [0.2, 0.25) is 0 Å². The fraction of sp³-hybridized carbons (Fsp3) is 0.350. The van der Waals surface area contributed by atoms with E-state index in [1.54, 1.807) is 12.0 Å². The molecule has 1 aromatic heterocycles. The Kier molecular flexibility index (Phi) is 4.50. The van der Waals surface area contributed by atoms with Crippen molar-refractivity contribution in [2.24, 2.45) is 0 Å². The molecular weight excluding hydrogens is 316 g/mol. The smallest absolute Gasteiger partial charge is 0.151 e. The van der Waals surface area contributed by atoms with Crippen molar-refractivity contribution < 1.29 is 9.64 Å². The Bertz CT molecular complexity index is 796. The van der Waals surface area contributed by atoms with Crippen LogP contribution in [0.25, 0.3) is 10.2 Å². The van der Waals surface area contributed by atoms with Crippen molar-refractivity contribution in [1.82, 2.24) is 4.98 Å². The minimum atomic E-state index is 0.516. The van der Waals surface area contributed by atoms with Gasteiger partial charge in [0.1, 0.15) is 18.3 Å². The zero-order chi connectivity index (χ0) is 16.4. The Morgan fingerprint density at radius 3 is 2.96 bits per heavy atom. The molecule has 0 radical (unpaired) electrons. The van der Waals surface area contributed by atoms with Gasteiger partial charge in [-0.1, -0.05) is 24.3 Å². The second-order valence-electron chi connectivity index (χ2n) is 6.50. The number of quaternary nitrogens is 1. The summed E-state index contributed by atoms with van der Waals surface area (Å²) in [6.45, 7) is 2.26. The molecule has 1 fully saturated rings. The molecule has 4 rings (SSSR count). The highest BCUT2D eigenvalue weighted by atomic mass is 32.1. The van der Waals surface area contributed by atoms with Crippen molar-refractivity contribution in [3.05, 3.63) is 59.1 Å². The van der Waals surface area contributed by atoms with E-state index in [4.69, 9.17) is 9.72 Å². The largest absolute Gasteiger partial charge is 0.497 e. The molecule has 0 amide bonds. The van der Waals surface area contributed by atoms with Gasteiger partial charge in [0.15, 0.2) is 5.01 Å². The number of hydrogen-bond donors (Lipinski definition) is 1. The van der Waals surface area contributed by atoms with Crippen LogP contribution in [-0.2, 0) is 6.54 Å². The summed E-state index contributed by atoms with van der Waals surface area (Å²) in [7, 11) is 1.73. The summed E-state index contributed by atoms with van der Waals surface area (Å²) in [5.41, 5.74) is 2.49. The van der Waals surface area contributed by atoms with Crippen LogP contribution in [0.4, 0.5) is 0 Å². The maximum absolute atomic E-state index is 5.38. The molecule has 2 heterocycles. The van der Waals surface area contributed by atoms with E-state index in [0.29, 0.717) is 6.04 Å². The molecule has 24 heavy (non-hydrogen) atoms. The van der Waals surface area contributed by atoms with Crippen molar-refractivity contribution in [2.75, 3.05) is 13.7 Å². The maximum atomic E-state index is 5.38. The van der Waals surface area contributed by atoms with E-state index in [0.717, 1.165) is 17.8 Å². The summed E-state index contributed by atoms with van der Waals surface area (Å²) < 4.78 is 6.68. The SMILES string of the molecule is COc1cccc(C[NH+]2CCCC[C@@H]2c2nc3ccccc3s2)c1. The molecule has 2 aromatic carbocycles. The molecule has 3 aromatic rings. The number of nitrogens with zero attached hydrogens (tertiary/aromatic N) is 1. The van der Waals surface area contributed by atoms with Crippen LogP contribution in [0.1, 0.15) is 35.9 Å². The van der Waals surface area contributed by atoms with Crippen molar-refractivity contribution in [3.8, 4) is 5.75 Å². The fourth-order valence-electron chi connectivity index (χ4n) is 3.67. The number of benzene rings is 2. The van der Waals surface area contributed by atoms with Gasteiger partial charge in [0.25, 0.3) is 0 Å². The Balaban J connectivity index is 1.60. The van der Waals surface area contributed by atoms with Crippen LogP contribution in [-0.4, -0.2) is 18.6 Å². The number of aromatic nitrogens is 1. The number of fused-ring (bicyclic) bond motifs is 1. The molecule has 0 bridgehead atoms. The van der Waals surface area contributed by atoms with Crippen LogP contribution in [0.15, 0.2) is 48.5 Å². The van der Waals surface area contributed by atoms with Crippen molar-refractivity contribution in [3.63, 3.8) is 0 Å². The average Bonchev–Trinajstić information content (AvgIpc) is 3.06. The third kappa shape index (κ3) is 3.17. The van der Waals surface area contributed by atoms with Crippen LogP contribution in [0.5, 0.6) is 5.75 Å². The molecule has 3 nitrogen and oxygen atoms in total. The lowest BCUT2D eigenvalue weighted by Crippen LogP contribution is -3.11. The minimum Gasteiger partial charge on any atom is -0.497 e. The first-order chi connectivity index (χ1) is 11.8. The van der Waals surface area contributed by atoms with E-state index in [-0.39, 0.29) is 0 Å². The van der Waals surface area contributed by atoms with Crippen LogP contribution in [0, 0.1) is 0 Å². The van der Waals surface area contributed by atoms with Crippen molar-refractivity contribution in [2.45, 2.75) is 31.8 Å². The first kappa shape index (κ1) is 15.6. The molecule has 2 atom stereocenters. The van der Waals surface area contributed by atoms with Crippen LogP contribution >= 0.6 is 11.3 Å². The van der Waals surface area contributed by atoms with E-state index in [1.807, 2.05) is 17.4 Å². The van der Waals surface area contributed by atoms with Gasteiger partial charge in [-0.2, -0.15) is 0 Å². The molecule has 0 aliphatic carbocycles. The quantitative estimate of drug-likeness (QED) is 0.786. The monoisotopic (exact) mass is 339 g/mol. The number of thiazole rings is 1. The first-order valence-corrected chi connectivity index (χ1v) is 9.48. The lowest BCUT2D eigenvalue weighted by atomic mass is 10.0. The zero-order valence-electron chi connectivity index (χ0n) is 14.0. The number of piperidine rings is 1. The highest BCUT2D eigenvalue weighted by molar-refractivity contribution is 7.18. The highest BCUT2D eigenvalue weighted by Gasteiger charge is 2.30. The fourth-order valence-corrected chi connectivity index (χ4v) is 4.83. The van der Waals surface area contributed by atoms with Gasteiger partial charge in [-0.15, -0.1) is 11.3 Å². The highest BCUT2D eigenvalue weighted by Crippen LogP contribution is 2.28. The number of para-hydroxylation sites is 1. The number of methoxy groups -OCH3 is 1. The van der Waals surface area contributed by atoms with Crippen molar-refractivity contribution in [1.29, 1.82) is 0 Å². The zero-order valence-corrected chi connectivity index (χ0v) is 14.8. The molecule has 1 unspecified atom stereocenters. The molecular formula is C20H23N2OS+.